The van der Waals surface area contributed by atoms with E-state index < -0.39 is 0 Å². The van der Waals surface area contributed by atoms with E-state index in [1.54, 1.807) is 0 Å². The van der Waals surface area contributed by atoms with Crippen molar-refractivity contribution >= 4 is 5.69 Å². The summed E-state index contributed by atoms with van der Waals surface area (Å²) in [5.74, 6) is 1.04. The van der Waals surface area contributed by atoms with Crippen LogP contribution in [-0.2, 0) is 6.42 Å². The van der Waals surface area contributed by atoms with Gasteiger partial charge in [-0.3, -0.25) is 4.98 Å². The van der Waals surface area contributed by atoms with E-state index in [0.717, 1.165) is 35.9 Å². The Morgan fingerprint density at radius 3 is 2.85 bits per heavy atom. The fraction of sp³-hybridized carbons (Fsp3) is 0.353. The van der Waals surface area contributed by atoms with E-state index in [9.17, 15) is 0 Å². The molecule has 1 N–H and O–H groups in total. The summed E-state index contributed by atoms with van der Waals surface area (Å²) >= 11 is 0. The summed E-state index contributed by atoms with van der Waals surface area (Å²) < 4.78 is 5.55. The summed E-state index contributed by atoms with van der Waals surface area (Å²) in [6.07, 6.45) is 1.01. The quantitative estimate of drug-likeness (QED) is 0.919. The third kappa shape index (κ3) is 2.48. The maximum atomic E-state index is 5.55. The molecule has 0 spiro atoms. The molecule has 0 radical (unpaired) electrons. The van der Waals surface area contributed by atoms with Gasteiger partial charge in [0.15, 0.2) is 0 Å². The third-order valence-corrected chi connectivity index (χ3v) is 3.81. The lowest BCUT2D eigenvalue weighted by Gasteiger charge is -2.18. The van der Waals surface area contributed by atoms with Crippen molar-refractivity contribution in [1.29, 1.82) is 0 Å². The zero-order chi connectivity index (χ0) is 14.1. The average Bonchev–Trinajstić information content (AvgIpc) is 2.89. The standard InChI is InChI=1S/C17H20N2O/c1-11-4-6-16(13(3)18-11)19-12(2)14-5-7-17-15(10-14)8-9-20-17/h4-7,10,12,19H,8-9H2,1-3H3. The molecule has 20 heavy (non-hydrogen) atoms. The number of benzene rings is 1. The molecular weight excluding hydrogens is 248 g/mol. The minimum Gasteiger partial charge on any atom is -0.493 e. The number of pyridine rings is 1. The third-order valence-electron chi connectivity index (χ3n) is 3.81. The summed E-state index contributed by atoms with van der Waals surface area (Å²) in [7, 11) is 0. The van der Waals surface area contributed by atoms with Crippen LogP contribution in [0.1, 0.15) is 35.5 Å². The normalized spacial score (nSPS) is 14.6. The number of nitrogens with one attached hydrogen (secondary N) is 1. The number of hydrogen-bond donors (Lipinski definition) is 1. The van der Waals surface area contributed by atoms with Crippen LogP contribution in [0.25, 0.3) is 0 Å². The van der Waals surface area contributed by atoms with Gasteiger partial charge in [0.1, 0.15) is 5.75 Å². The number of hydrogen-bond acceptors (Lipinski definition) is 3. The number of rotatable bonds is 3. The maximum absolute atomic E-state index is 5.55. The molecule has 3 rings (SSSR count). The van der Waals surface area contributed by atoms with Crippen LogP contribution in [0.2, 0.25) is 0 Å². The predicted molar refractivity (Wildman–Crippen MR) is 81.4 cm³/mol. The van der Waals surface area contributed by atoms with Gasteiger partial charge in [-0.2, -0.15) is 0 Å². The smallest absolute Gasteiger partial charge is 0.122 e. The van der Waals surface area contributed by atoms with Crippen LogP contribution in [0.3, 0.4) is 0 Å². The fourth-order valence-electron chi connectivity index (χ4n) is 2.63. The summed E-state index contributed by atoms with van der Waals surface area (Å²) in [6.45, 7) is 7.04. The van der Waals surface area contributed by atoms with Crippen molar-refractivity contribution in [2.75, 3.05) is 11.9 Å². The number of aryl methyl sites for hydroxylation is 2. The Kier molecular flexibility index (Phi) is 3.35. The Bertz CT molecular complexity index is 637. The minimum atomic E-state index is 0.254. The molecule has 2 heterocycles. The van der Waals surface area contributed by atoms with Gasteiger partial charge >= 0.3 is 0 Å². The van der Waals surface area contributed by atoms with E-state index >= 15 is 0 Å². The molecule has 1 aromatic heterocycles. The van der Waals surface area contributed by atoms with Crippen LogP contribution < -0.4 is 10.1 Å². The summed E-state index contributed by atoms with van der Waals surface area (Å²) in [5, 5.41) is 3.54. The molecule has 1 unspecified atom stereocenters. The fourth-order valence-corrected chi connectivity index (χ4v) is 2.63. The lowest BCUT2D eigenvalue weighted by Crippen LogP contribution is -2.08. The molecule has 2 aromatic rings. The molecule has 0 saturated carbocycles. The van der Waals surface area contributed by atoms with Gasteiger partial charge in [-0.05, 0) is 56.2 Å². The highest BCUT2D eigenvalue weighted by Gasteiger charge is 2.15. The van der Waals surface area contributed by atoms with Gasteiger partial charge in [0.2, 0.25) is 0 Å². The predicted octanol–water partition coefficient (Wildman–Crippen LogP) is 3.81. The molecular formula is C17H20N2O. The van der Waals surface area contributed by atoms with Crippen LogP contribution in [0, 0.1) is 13.8 Å². The highest BCUT2D eigenvalue weighted by atomic mass is 16.5. The molecule has 0 aliphatic carbocycles. The van der Waals surface area contributed by atoms with E-state index in [-0.39, 0.29) is 6.04 Å². The topological polar surface area (TPSA) is 34.1 Å². The molecule has 1 aliphatic rings. The lowest BCUT2D eigenvalue weighted by atomic mass is 10.0. The van der Waals surface area contributed by atoms with Crippen molar-refractivity contribution in [3.05, 3.63) is 52.8 Å². The molecule has 1 aliphatic heterocycles. The summed E-state index contributed by atoms with van der Waals surface area (Å²) in [4.78, 5) is 4.50. The van der Waals surface area contributed by atoms with E-state index in [4.69, 9.17) is 4.74 Å². The number of fused-ring (bicyclic) bond motifs is 1. The van der Waals surface area contributed by atoms with Crippen molar-refractivity contribution in [2.24, 2.45) is 0 Å². The lowest BCUT2D eigenvalue weighted by molar-refractivity contribution is 0.357. The molecule has 0 fully saturated rings. The van der Waals surface area contributed by atoms with Gasteiger partial charge in [-0.15, -0.1) is 0 Å². The van der Waals surface area contributed by atoms with E-state index in [1.165, 1.54) is 11.1 Å². The van der Waals surface area contributed by atoms with Gasteiger partial charge in [-0.25, -0.2) is 0 Å². The molecule has 3 heteroatoms. The van der Waals surface area contributed by atoms with Crippen molar-refractivity contribution in [1.82, 2.24) is 4.98 Å². The SMILES string of the molecule is Cc1ccc(NC(C)c2ccc3c(c2)CCO3)c(C)n1. The van der Waals surface area contributed by atoms with Gasteiger partial charge in [0, 0.05) is 18.2 Å². The molecule has 1 atom stereocenters. The zero-order valence-electron chi connectivity index (χ0n) is 12.2. The molecule has 0 saturated heterocycles. The first kappa shape index (κ1) is 13.0. The van der Waals surface area contributed by atoms with Crippen molar-refractivity contribution in [3.8, 4) is 5.75 Å². The van der Waals surface area contributed by atoms with Crippen LogP contribution in [0.5, 0.6) is 5.75 Å². The Hall–Kier alpha value is -2.03. The molecule has 1 aromatic carbocycles. The molecule has 104 valence electrons. The van der Waals surface area contributed by atoms with Crippen molar-refractivity contribution in [3.63, 3.8) is 0 Å². The first-order valence-electron chi connectivity index (χ1n) is 7.10. The van der Waals surface area contributed by atoms with Gasteiger partial charge < -0.3 is 10.1 Å². The highest BCUT2D eigenvalue weighted by Crippen LogP contribution is 2.29. The van der Waals surface area contributed by atoms with E-state index in [0.29, 0.717) is 0 Å². The largest absolute Gasteiger partial charge is 0.493 e. The second-order valence-corrected chi connectivity index (χ2v) is 5.42. The first-order valence-corrected chi connectivity index (χ1v) is 7.10. The Balaban J connectivity index is 1.80. The second kappa shape index (κ2) is 5.16. The Morgan fingerprint density at radius 1 is 1.20 bits per heavy atom. The highest BCUT2D eigenvalue weighted by molar-refractivity contribution is 5.50. The first-order chi connectivity index (χ1) is 9.63. The number of ether oxygens (including phenoxy) is 1. The number of aromatic nitrogens is 1. The van der Waals surface area contributed by atoms with Crippen LogP contribution in [0.15, 0.2) is 30.3 Å². The van der Waals surface area contributed by atoms with E-state index in [1.807, 2.05) is 19.9 Å². The Labute approximate surface area is 120 Å². The van der Waals surface area contributed by atoms with Gasteiger partial charge in [0.05, 0.1) is 18.0 Å². The monoisotopic (exact) mass is 268 g/mol. The van der Waals surface area contributed by atoms with Crippen LogP contribution in [0.4, 0.5) is 5.69 Å². The molecule has 0 bridgehead atoms. The molecule has 3 nitrogen and oxygen atoms in total. The van der Waals surface area contributed by atoms with E-state index in [2.05, 4.69) is 41.5 Å². The summed E-state index contributed by atoms with van der Waals surface area (Å²) in [5.41, 5.74) is 5.79. The summed E-state index contributed by atoms with van der Waals surface area (Å²) in [6, 6.07) is 10.9. The number of anilines is 1. The average molecular weight is 268 g/mol. The van der Waals surface area contributed by atoms with Gasteiger partial charge in [-0.1, -0.05) is 6.07 Å². The minimum absolute atomic E-state index is 0.254. The van der Waals surface area contributed by atoms with Crippen LogP contribution in [-0.4, -0.2) is 11.6 Å². The van der Waals surface area contributed by atoms with Crippen molar-refractivity contribution < 1.29 is 4.74 Å². The zero-order valence-corrected chi connectivity index (χ0v) is 12.2. The second-order valence-electron chi connectivity index (χ2n) is 5.42. The Morgan fingerprint density at radius 2 is 2.05 bits per heavy atom. The van der Waals surface area contributed by atoms with Crippen molar-refractivity contribution in [2.45, 2.75) is 33.2 Å². The number of nitrogens with zero attached hydrogens (tertiary/aromatic N) is 1. The maximum Gasteiger partial charge on any atom is 0.122 e. The van der Waals surface area contributed by atoms with Crippen LogP contribution >= 0.6 is 0 Å². The van der Waals surface area contributed by atoms with Gasteiger partial charge in [0.25, 0.3) is 0 Å². The molecule has 0 amide bonds.